The van der Waals surface area contributed by atoms with Gasteiger partial charge in [0.15, 0.2) is 5.17 Å². The normalized spacial score (nSPS) is 21.6. The number of hydrogen-bond donors (Lipinski definition) is 2. The van der Waals surface area contributed by atoms with Crippen molar-refractivity contribution in [3.05, 3.63) is 29.3 Å². The van der Waals surface area contributed by atoms with Crippen molar-refractivity contribution in [2.24, 2.45) is 10.2 Å². The molecule has 0 radical (unpaired) electrons. The predicted molar refractivity (Wildman–Crippen MR) is 99.5 cm³/mol. The maximum Gasteiger partial charge on any atom is 0.305 e. The van der Waals surface area contributed by atoms with Gasteiger partial charge in [-0.3, -0.25) is 9.59 Å². The largest absolute Gasteiger partial charge is 0.481 e. The number of carboxylic acids is 1. The highest BCUT2D eigenvalue weighted by Gasteiger charge is 2.32. The average molecular weight is 360 g/mol. The molecule has 1 saturated heterocycles. The molecule has 0 bridgehead atoms. The first kappa shape index (κ1) is 17.5. The van der Waals surface area contributed by atoms with E-state index in [1.807, 2.05) is 6.07 Å². The molecule has 0 spiro atoms. The number of nitrogens with one attached hydrogen (secondary N) is 1. The summed E-state index contributed by atoms with van der Waals surface area (Å²) in [5, 5.41) is 19.0. The molecule has 1 aromatic rings. The number of rotatable bonds is 5. The number of benzene rings is 1. The van der Waals surface area contributed by atoms with Gasteiger partial charge < -0.3 is 15.3 Å². The second-order valence-electron chi connectivity index (χ2n) is 5.91. The summed E-state index contributed by atoms with van der Waals surface area (Å²) in [7, 11) is 0. The Hall–Kier alpha value is -2.35. The first-order valence-electron chi connectivity index (χ1n) is 8.25. The molecule has 1 aromatic carbocycles. The van der Waals surface area contributed by atoms with Crippen LogP contribution in [0.15, 0.2) is 28.4 Å². The van der Waals surface area contributed by atoms with Crippen molar-refractivity contribution >= 4 is 40.7 Å². The summed E-state index contributed by atoms with van der Waals surface area (Å²) in [6, 6.07) is 6.24. The summed E-state index contributed by atoms with van der Waals surface area (Å²) in [5.74, 6) is -1.35. The van der Waals surface area contributed by atoms with Crippen LogP contribution in [0, 0.1) is 0 Å². The highest BCUT2D eigenvalue weighted by atomic mass is 32.2. The summed E-state index contributed by atoms with van der Waals surface area (Å²) in [5.41, 5.74) is 3.56. The zero-order chi connectivity index (χ0) is 17.8. The molecule has 1 atom stereocenters. The smallest absolute Gasteiger partial charge is 0.305 e. The topological polar surface area (TPSA) is 94.4 Å². The van der Waals surface area contributed by atoms with Gasteiger partial charge in [0, 0.05) is 18.8 Å². The molecule has 2 heterocycles. The fraction of sp³-hybridized carbons (Fsp3) is 0.412. The number of hydrogen-bond acceptors (Lipinski definition) is 6. The molecule has 2 aliphatic heterocycles. The van der Waals surface area contributed by atoms with Gasteiger partial charge >= 0.3 is 5.97 Å². The van der Waals surface area contributed by atoms with Crippen LogP contribution in [0.3, 0.4) is 0 Å². The van der Waals surface area contributed by atoms with Crippen molar-refractivity contribution in [1.82, 2.24) is 5.32 Å². The molecule has 1 fully saturated rings. The third-order valence-corrected chi connectivity index (χ3v) is 5.26. The number of nitrogens with zero attached hydrogens (tertiary/aromatic N) is 3. The van der Waals surface area contributed by atoms with Gasteiger partial charge in [-0.25, -0.2) is 0 Å². The third kappa shape index (κ3) is 4.19. The first-order valence-corrected chi connectivity index (χ1v) is 9.13. The van der Waals surface area contributed by atoms with E-state index >= 15 is 0 Å². The number of thioether (sulfide) groups is 1. The van der Waals surface area contributed by atoms with E-state index in [0.717, 1.165) is 43.3 Å². The lowest BCUT2D eigenvalue weighted by molar-refractivity contribution is -0.138. The van der Waals surface area contributed by atoms with Crippen LogP contribution in [-0.2, 0) is 16.0 Å². The fourth-order valence-corrected chi connectivity index (χ4v) is 3.91. The second kappa shape index (κ2) is 7.69. The molecule has 0 aliphatic carbocycles. The predicted octanol–water partition coefficient (Wildman–Crippen LogP) is 1.86. The molecule has 1 amide bonds. The molecule has 0 saturated carbocycles. The molecular weight excluding hydrogens is 340 g/mol. The van der Waals surface area contributed by atoms with Crippen molar-refractivity contribution in [2.75, 3.05) is 18.0 Å². The summed E-state index contributed by atoms with van der Waals surface area (Å²) >= 11 is 1.10. The van der Waals surface area contributed by atoms with Gasteiger partial charge in [0.1, 0.15) is 5.25 Å². The quantitative estimate of drug-likeness (QED) is 0.617. The summed E-state index contributed by atoms with van der Waals surface area (Å²) < 4.78 is 0. The first-order chi connectivity index (χ1) is 12.1. The van der Waals surface area contributed by atoms with Crippen LogP contribution >= 0.6 is 11.8 Å². The van der Waals surface area contributed by atoms with Crippen molar-refractivity contribution in [1.29, 1.82) is 0 Å². The van der Waals surface area contributed by atoms with Gasteiger partial charge in [-0.05, 0) is 43.0 Å². The van der Waals surface area contributed by atoms with Gasteiger partial charge in [0.2, 0.25) is 5.91 Å². The minimum absolute atomic E-state index is 0.224. The lowest BCUT2D eigenvalue weighted by Gasteiger charge is -2.30. The van der Waals surface area contributed by atoms with Crippen molar-refractivity contribution in [3.8, 4) is 0 Å². The van der Waals surface area contributed by atoms with E-state index in [1.165, 1.54) is 11.3 Å². The molecule has 2 aliphatic rings. The number of fused-ring (bicyclic) bond motifs is 1. The van der Waals surface area contributed by atoms with E-state index in [-0.39, 0.29) is 12.3 Å². The second-order valence-corrected chi connectivity index (χ2v) is 7.11. The molecule has 1 unspecified atom stereocenters. The average Bonchev–Trinajstić information content (AvgIpc) is 2.93. The number of carbonyl (C=O) groups is 2. The third-order valence-electron chi connectivity index (χ3n) is 4.19. The highest BCUT2D eigenvalue weighted by Crippen LogP contribution is 2.27. The fourth-order valence-electron chi connectivity index (χ4n) is 3.00. The monoisotopic (exact) mass is 360 g/mol. The maximum absolute atomic E-state index is 11.6. The lowest BCUT2D eigenvalue weighted by Crippen LogP contribution is -2.28. The summed E-state index contributed by atoms with van der Waals surface area (Å²) in [6.45, 7) is 4.26. The van der Waals surface area contributed by atoms with E-state index in [4.69, 9.17) is 5.11 Å². The molecule has 25 heavy (non-hydrogen) atoms. The van der Waals surface area contributed by atoms with E-state index < -0.39 is 11.2 Å². The SMILES string of the molecule is CCN1CCCc2cc(C=NN=C3NC(=O)C(CC(=O)O)S3)ccc21. The Balaban J connectivity index is 1.67. The van der Waals surface area contributed by atoms with Crippen LogP contribution < -0.4 is 10.2 Å². The minimum Gasteiger partial charge on any atom is -0.481 e. The zero-order valence-corrected chi connectivity index (χ0v) is 14.8. The van der Waals surface area contributed by atoms with E-state index in [0.29, 0.717) is 5.17 Å². The van der Waals surface area contributed by atoms with Crippen LogP contribution in [0.4, 0.5) is 5.69 Å². The van der Waals surface area contributed by atoms with Gasteiger partial charge in [-0.2, -0.15) is 5.10 Å². The van der Waals surface area contributed by atoms with E-state index in [2.05, 4.69) is 39.5 Å². The number of carbonyl (C=O) groups excluding carboxylic acids is 1. The van der Waals surface area contributed by atoms with E-state index in [9.17, 15) is 9.59 Å². The van der Waals surface area contributed by atoms with Crippen LogP contribution in [-0.4, -0.2) is 46.7 Å². The highest BCUT2D eigenvalue weighted by molar-refractivity contribution is 8.15. The Morgan fingerprint density at radius 2 is 2.36 bits per heavy atom. The zero-order valence-electron chi connectivity index (χ0n) is 13.9. The minimum atomic E-state index is -1.01. The van der Waals surface area contributed by atoms with Gasteiger partial charge in [0.05, 0.1) is 12.6 Å². The summed E-state index contributed by atoms with van der Waals surface area (Å²) in [6.07, 6.45) is 3.63. The van der Waals surface area contributed by atoms with Crippen LogP contribution in [0.5, 0.6) is 0 Å². The molecule has 132 valence electrons. The van der Waals surface area contributed by atoms with Crippen LogP contribution in [0.2, 0.25) is 0 Å². The molecule has 2 N–H and O–H groups in total. The van der Waals surface area contributed by atoms with Crippen LogP contribution in [0.1, 0.15) is 30.9 Å². The lowest BCUT2D eigenvalue weighted by atomic mass is 9.99. The van der Waals surface area contributed by atoms with Crippen molar-refractivity contribution < 1.29 is 14.7 Å². The van der Waals surface area contributed by atoms with Crippen molar-refractivity contribution in [3.63, 3.8) is 0 Å². The molecular formula is C17H20N4O3S. The Labute approximate surface area is 150 Å². The van der Waals surface area contributed by atoms with E-state index in [1.54, 1.807) is 6.21 Å². The summed E-state index contributed by atoms with van der Waals surface area (Å²) in [4.78, 5) is 24.7. The number of anilines is 1. The Kier molecular flexibility index (Phi) is 5.37. The van der Waals surface area contributed by atoms with Gasteiger partial charge in [-0.1, -0.05) is 17.8 Å². The Morgan fingerprint density at radius 3 is 3.12 bits per heavy atom. The number of carboxylic acid groups (broad SMARTS) is 1. The van der Waals surface area contributed by atoms with Crippen LogP contribution in [0.25, 0.3) is 0 Å². The number of aryl methyl sites for hydroxylation is 1. The molecule has 8 heteroatoms. The standard InChI is InChI=1S/C17H20N4O3S/c1-2-21-7-3-4-12-8-11(5-6-13(12)21)10-18-20-17-19-16(24)14(25-17)9-15(22)23/h5-6,8,10,14H,2-4,7,9H2,1H3,(H,22,23)(H,19,20,24). The maximum atomic E-state index is 11.6. The number of amides is 1. The molecule has 3 rings (SSSR count). The number of aliphatic carboxylic acids is 1. The Bertz CT molecular complexity index is 747. The van der Waals surface area contributed by atoms with Gasteiger partial charge in [0.25, 0.3) is 0 Å². The molecule has 7 nitrogen and oxygen atoms in total. The van der Waals surface area contributed by atoms with Gasteiger partial charge in [-0.15, -0.1) is 5.10 Å². The molecule has 0 aromatic heterocycles. The number of amidine groups is 1. The Morgan fingerprint density at radius 1 is 1.52 bits per heavy atom. The van der Waals surface area contributed by atoms with Crippen molar-refractivity contribution in [2.45, 2.75) is 31.4 Å².